The summed E-state index contributed by atoms with van der Waals surface area (Å²) in [5.74, 6) is 1.46. The highest BCUT2D eigenvalue weighted by Gasteiger charge is 2.21. The highest BCUT2D eigenvalue weighted by molar-refractivity contribution is 5.78. The van der Waals surface area contributed by atoms with Crippen LogP contribution in [0.3, 0.4) is 0 Å². The van der Waals surface area contributed by atoms with Crippen LogP contribution in [0.5, 0.6) is 5.75 Å². The molecule has 0 saturated heterocycles. The third kappa shape index (κ3) is 3.83. The summed E-state index contributed by atoms with van der Waals surface area (Å²) in [7, 11) is 0. The van der Waals surface area contributed by atoms with Crippen LogP contribution >= 0.6 is 0 Å². The minimum atomic E-state index is 0.172. The summed E-state index contributed by atoms with van der Waals surface area (Å²) in [6, 6.07) is 17.0. The van der Waals surface area contributed by atoms with Crippen LogP contribution in [0.2, 0.25) is 0 Å². The minimum Gasteiger partial charge on any atom is -0.493 e. The smallest absolute Gasteiger partial charge is 0.189 e. The summed E-state index contributed by atoms with van der Waals surface area (Å²) in [5.41, 5.74) is 10.2. The fourth-order valence-electron chi connectivity index (χ4n) is 3.77. The second-order valence-electron chi connectivity index (χ2n) is 6.93. The summed E-state index contributed by atoms with van der Waals surface area (Å²) in [6.07, 6.45) is 2.02. The second-order valence-corrected chi connectivity index (χ2v) is 6.93. The average molecular weight is 350 g/mol. The quantitative estimate of drug-likeness (QED) is 0.657. The SMILES string of the molecule is NC(=NCCN1CCc2ccccc2C1)NC1CCOc2ccccc21. The zero-order valence-electron chi connectivity index (χ0n) is 15.0. The van der Waals surface area contributed by atoms with Crippen molar-refractivity contribution < 1.29 is 4.74 Å². The molecular weight excluding hydrogens is 324 g/mol. The molecule has 0 bridgehead atoms. The molecule has 2 heterocycles. The third-order valence-electron chi connectivity index (χ3n) is 5.19. The zero-order chi connectivity index (χ0) is 17.8. The highest BCUT2D eigenvalue weighted by Crippen LogP contribution is 2.31. The third-order valence-corrected chi connectivity index (χ3v) is 5.19. The number of nitrogens with one attached hydrogen (secondary N) is 1. The normalized spacial score (nSPS) is 20.0. The van der Waals surface area contributed by atoms with E-state index in [1.807, 2.05) is 18.2 Å². The van der Waals surface area contributed by atoms with E-state index in [0.29, 0.717) is 19.1 Å². The zero-order valence-corrected chi connectivity index (χ0v) is 15.0. The maximum atomic E-state index is 6.13. The fourth-order valence-corrected chi connectivity index (χ4v) is 3.77. The Hall–Kier alpha value is -2.53. The first kappa shape index (κ1) is 16.9. The molecule has 2 aliphatic heterocycles. The molecule has 0 saturated carbocycles. The summed E-state index contributed by atoms with van der Waals surface area (Å²) in [5, 5.41) is 3.36. The lowest BCUT2D eigenvalue weighted by Crippen LogP contribution is -2.38. The van der Waals surface area contributed by atoms with E-state index in [1.165, 1.54) is 11.1 Å². The Morgan fingerprint density at radius 2 is 1.96 bits per heavy atom. The molecule has 2 aromatic rings. The van der Waals surface area contributed by atoms with Gasteiger partial charge in [0.25, 0.3) is 0 Å². The van der Waals surface area contributed by atoms with Crippen LogP contribution in [0.15, 0.2) is 53.5 Å². The number of fused-ring (bicyclic) bond motifs is 2. The van der Waals surface area contributed by atoms with Gasteiger partial charge in [-0.25, -0.2) is 0 Å². The summed E-state index contributed by atoms with van der Waals surface area (Å²) in [4.78, 5) is 6.99. The van der Waals surface area contributed by atoms with Crippen LogP contribution in [0.1, 0.15) is 29.2 Å². The van der Waals surface area contributed by atoms with Gasteiger partial charge in [-0.1, -0.05) is 42.5 Å². The van der Waals surface area contributed by atoms with Gasteiger partial charge >= 0.3 is 0 Å². The van der Waals surface area contributed by atoms with E-state index in [1.54, 1.807) is 0 Å². The van der Waals surface area contributed by atoms with Gasteiger partial charge in [-0.05, 0) is 23.6 Å². The van der Waals surface area contributed by atoms with Crippen LogP contribution in [-0.4, -0.2) is 37.1 Å². The van der Waals surface area contributed by atoms with Crippen molar-refractivity contribution in [3.8, 4) is 5.75 Å². The van der Waals surface area contributed by atoms with E-state index in [4.69, 9.17) is 10.5 Å². The highest BCUT2D eigenvalue weighted by atomic mass is 16.5. The molecule has 5 heteroatoms. The maximum absolute atomic E-state index is 6.13. The van der Waals surface area contributed by atoms with Crippen molar-refractivity contribution in [3.05, 3.63) is 65.2 Å². The van der Waals surface area contributed by atoms with Crippen molar-refractivity contribution in [1.82, 2.24) is 10.2 Å². The summed E-state index contributed by atoms with van der Waals surface area (Å²) >= 11 is 0. The van der Waals surface area contributed by atoms with Crippen LogP contribution < -0.4 is 15.8 Å². The largest absolute Gasteiger partial charge is 0.493 e. The predicted molar refractivity (Wildman–Crippen MR) is 104 cm³/mol. The van der Waals surface area contributed by atoms with E-state index in [0.717, 1.165) is 43.8 Å². The molecule has 0 aromatic heterocycles. The van der Waals surface area contributed by atoms with Gasteiger partial charge in [0.15, 0.2) is 5.96 Å². The molecule has 1 unspecified atom stereocenters. The van der Waals surface area contributed by atoms with Crippen molar-refractivity contribution in [3.63, 3.8) is 0 Å². The van der Waals surface area contributed by atoms with Crippen LogP contribution in [0.25, 0.3) is 0 Å². The molecule has 4 rings (SSSR count). The standard InChI is InChI=1S/C21H26N4O/c22-21(24-19-10-14-26-20-8-4-3-7-18(19)20)23-11-13-25-12-9-16-5-1-2-6-17(16)15-25/h1-8,19H,9-15H2,(H3,22,23,24). The first-order valence-corrected chi connectivity index (χ1v) is 9.37. The Labute approximate surface area is 154 Å². The van der Waals surface area contributed by atoms with Crippen molar-refractivity contribution in [2.75, 3.05) is 26.2 Å². The number of nitrogens with zero attached hydrogens (tertiary/aromatic N) is 2. The van der Waals surface area contributed by atoms with Gasteiger partial charge in [0.1, 0.15) is 5.75 Å². The molecule has 0 spiro atoms. The van der Waals surface area contributed by atoms with Gasteiger partial charge in [-0.15, -0.1) is 0 Å². The number of aliphatic imine (C=N–C) groups is 1. The Morgan fingerprint density at radius 1 is 1.15 bits per heavy atom. The van der Waals surface area contributed by atoms with Gasteiger partial charge in [-0.3, -0.25) is 9.89 Å². The minimum absolute atomic E-state index is 0.172. The Morgan fingerprint density at radius 3 is 2.88 bits per heavy atom. The fraction of sp³-hybridized carbons (Fsp3) is 0.381. The number of guanidine groups is 1. The number of nitrogens with two attached hydrogens (primary N) is 1. The van der Waals surface area contributed by atoms with E-state index in [9.17, 15) is 0 Å². The molecule has 0 amide bonds. The second kappa shape index (κ2) is 7.79. The summed E-state index contributed by atoms with van der Waals surface area (Å²) in [6.45, 7) is 4.45. The molecule has 0 fully saturated rings. The Balaban J connectivity index is 1.30. The number of para-hydroxylation sites is 1. The topological polar surface area (TPSA) is 62.9 Å². The Bertz CT molecular complexity index is 789. The van der Waals surface area contributed by atoms with Crippen LogP contribution in [0.4, 0.5) is 0 Å². The van der Waals surface area contributed by atoms with Gasteiger partial charge in [0.05, 0.1) is 19.2 Å². The van der Waals surface area contributed by atoms with Crippen molar-refractivity contribution >= 4 is 5.96 Å². The lowest BCUT2D eigenvalue weighted by Gasteiger charge is -2.28. The molecule has 2 aromatic carbocycles. The lowest BCUT2D eigenvalue weighted by molar-refractivity contribution is 0.259. The van der Waals surface area contributed by atoms with Crippen LogP contribution in [0, 0.1) is 0 Å². The first-order valence-electron chi connectivity index (χ1n) is 9.37. The molecule has 2 aliphatic rings. The number of ether oxygens (including phenoxy) is 1. The Kier molecular flexibility index (Phi) is 5.07. The molecular formula is C21H26N4O. The van der Waals surface area contributed by atoms with E-state index in [2.05, 4.69) is 45.5 Å². The van der Waals surface area contributed by atoms with Crippen LogP contribution in [-0.2, 0) is 13.0 Å². The van der Waals surface area contributed by atoms with E-state index >= 15 is 0 Å². The van der Waals surface area contributed by atoms with Gasteiger partial charge in [-0.2, -0.15) is 0 Å². The molecule has 1 atom stereocenters. The molecule has 26 heavy (non-hydrogen) atoms. The van der Waals surface area contributed by atoms with Gasteiger partial charge in [0, 0.05) is 31.6 Å². The molecule has 3 N–H and O–H groups in total. The average Bonchev–Trinajstić information content (AvgIpc) is 2.68. The summed E-state index contributed by atoms with van der Waals surface area (Å²) < 4.78 is 5.70. The van der Waals surface area contributed by atoms with Gasteiger partial charge in [0.2, 0.25) is 0 Å². The van der Waals surface area contributed by atoms with Crippen molar-refractivity contribution in [2.24, 2.45) is 10.7 Å². The van der Waals surface area contributed by atoms with E-state index < -0.39 is 0 Å². The molecule has 0 aliphatic carbocycles. The molecule has 5 nitrogen and oxygen atoms in total. The maximum Gasteiger partial charge on any atom is 0.189 e. The monoisotopic (exact) mass is 350 g/mol. The first-order chi connectivity index (χ1) is 12.8. The van der Waals surface area contributed by atoms with Crippen molar-refractivity contribution in [2.45, 2.75) is 25.4 Å². The molecule has 0 radical (unpaired) electrons. The number of benzene rings is 2. The number of rotatable bonds is 4. The number of hydrogen-bond donors (Lipinski definition) is 2. The molecule has 136 valence electrons. The van der Waals surface area contributed by atoms with Crippen molar-refractivity contribution in [1.29, 1.82) is 0 Å². The lowest BCUT2D eigenvalue weighted by atomic mass is 10.00. The van der Waals surface area contributed by atoms with Gasteiger partial charge < -0.3 is 15.8 Å². The number of hydrogen-bond acceptors (Lipinski definition) is 3. The van der Waals surface area contributed by atoms with E-state index in [-0.39, 0.29) is 6.04 Å². The predicted octanol–water partition coefficient (Wildman–Crippen LogP) is 2.47.